The van der Waals surface area contributed by atoms with E-state index in [0.717, 1.165) is 54.8 Å². The fourth-order valence-electron chi connectivity index (χ4n) is 10.6. The van der Waals surface area contributed by atoms with Crippen molar-refractivity contribution in [1.82, 2.24) is 0 Å². The highest BCUT2D eigenvalue weighted by molar-refractivity contribution is 5.89. The van der Waals surface area contributed by atoms with Crippen LogP contribution in [0.25, 0.3) is 0 Å². The van der Waals surface area contributed by atoms with E-state index in [2.05, 4.69) is 34.6 Å². The zero-order valence-corrected chi connectivity index (χ0v) is 24.0. The number of hydrogen-bond donors (Lipinski definition) is 0. The van der Waals surface area contributed by atoms with Crippen molar-refractivity contribution in [3.63, 3.8) is 0 Å². The monoisotopic (exact) mass is 506 g/mol. The number of benzene rings is 1. The quantitative estimate of drug-likeness (QED) is 0.275. The van der Waals surface area contributed by atoms with Crippen LogP contribution < -0.4 is 0 Å². The molecule has 5 fully saturated rings. The van der Waals surface area contributed by atoms with Crippen molar-refractivity contribution in [3.05, 3.63) is 35.9 Å². The van der Waals surface area contributed by atoms with Crippen LogP contribution in [-0.2, 0) is 9.47 Å². The Hall–Kier alpha value is -1.35. The van der Waals surface area contributed by atoms with E-state index in [1.54, 1.807) is 0 Å². The van der Waals surface area contributed by atoms with Gasteiger partial charge in [-0.25, -0.2) is 4.79 Å². The molecule has 6 rings (SSSR count). The van der Waals surface area contributed by atoms with Crippen molar-refractivity contribution in [3.8, 4) is 0 Å². The van der Waals surface area contributed by atoms with Gasteiger partial charge in [0.2, 0.25) is 0 Å². The first-order valence-electron chi connectivity index (χ1n) is 15.6. The van der Waals surface area contributed by atoms with Crippen molar-refractivity contribution >= 4 is 5.97 Å². The molecule has 4 aliphatic carbocycles. The molecule has 37 heavy (non-hydrogen) atoms. The van der Waals surface area contributed by atoms with Crippen molar-refractivity contribution in [2.45, 2.75) is 123 Å². The largest absolute Gasteiger partial charge is 0.459 e. The SMILES string of the molecule is CC(C)CCC[C@@H](C)[C@H]1CC[C@H]2[C@@H]3C[C@H]4O[C@]45C[C@@H](OC(=O)c4ccccc4)CC[C@]5(C)[C@H]3CC[C@]12C. The summed E-state index contributed by atoms with van der Waals surface area (Å²) in [6.45, 7) is 12.5. The van der Waals surface area contributed by atoms with E-state index < -0.39 is 0 Å². The lowest BCUT2D eigenvalue weighted by atomic mass is 9.44. The molecule has 0 unspecified atom stereocenters. The Morgan fingerprint density at radius 1 is 1.00 bits per heavy atom. The molecule has 0 radical (unpaired) electrons. The number of ether oxygens (including phenoxy) is 2. The standard InChI is InChI=1S/C34H50O3/c1-22(2)10-9-11-23(3)27-14-15-28-26-20-30-34(37-30)21-25(36-31(35)24-12-7-6-8-13-24)16-19-33(34,5)29(26)17-18-32(27,28)4/h6-8,12-13,22-23,25-30H,9-11,14-21H2,1-5H3/t23-,25+,26+,27-,28+,29+,30-,32-,33-,34-/m1/s1. The van der Waals surface area contributed by atoms with Crippen molar-refractivity contribution in [2.24, 2.45) is 46.3 Å². The van der Waals surface area contributed by atoms with Gasteiger partial charge >= 0.3 is 5.97 Å². The minimum Gasteiger partial charge on any atom is -0.459 e. The summed E-state index contributed by atoms with van der Waals surface area (Å²) in [5.41, 5.74) is 1.36. The summed E-state index contributed by atoms with van der Waals surface area (Å²) in [6, 6.07) is 9.47. The fraction of sp³-hybridized carbons (Fsp3) is 0.794. The van der Waals surface area contributed by atoms with Gasteiger partial charge in [-0.1, -0.05) is 72.1 Å². The molecule has 1 heterocycles. The van der Waals surface area contributed by atoms with Gasteiger partial charge in [0.05, 0.1) is 11.7 Å². The van der Waals surface area contributed by atoms with Crippen molar-refractivity contribution < 1.29 is 14.3 Å². The first-order chi connectivity index (χ1) is 17.7. The predicted octanol–water partition coefficient (Wildman–Crippen LogP) is 8.46. The second-order valence-corrected chi connectivity index (χ2v) is 14.7. The Bertz CT molecular complexity index is 988. The molecule has 0 N–H and O–H groups in total. The third-order valence-electron chi connectivity index (χ3n) is 12.5. The average molecular weight is 507 g/mol. The normalized spacial score (nSPS) is 44.8. The molecule has 1 aromatic rings. The number of carbonyl (C=O) groups excluding carboxylic acids is 1. The van der Waals surface area contributed by atoms with Crippen LogP contribution in [0.15, 0.2) is 30.3 Å². The Labute approximate surface area is 225 Å². The molecule has 4 saturated carbocycles. The Kier molecular flexibility index (Phi) is 6.57. The van der Waals surface area contributed by atoms with Crippen LogP contribution in [0.3, 0.4) is 0 Å². The summed E-state index contributed by atoms with van der Waals surface area (Å²) in [7, 11) is 0. The molecule has 3 heteroatoms. The first kappa shape index (κ1) is 25.9. The smallest absolute Gasteiger partial charge is 0.338 e. The van der Waals surface area contributed by atoms with Crippen LogP contribution in [0.4, 0.5) is 0 Å². The highest BCUT2D eigenvalue weighted by atomic mass is 16.6. The molecule has 3 nitrogen and oxygen atoms in total. The van der Waals surface area contributed by atoms with Crippen LogP contribution in [0, 0.1) is 46.3 Å². The first-order valence-corrected chi connectivity index (χ1v) is 15.6. The zero-order valence-electron chi connectivity index (χ0n) is 24.0. The number of fused-ring (bicyclic) bond motifs is 4. The van der Waals surface area contributed by atoms with Gasteiger partial charge in [-0.15, -0.1) is 0 Å². The Balaban J connectivity index is 1.14. The second-order valence-electron chi connectivity index (χ2n) is 14.7. The lowest BCUT2D eigenvalue weighted by Crippen LogP contribution is -2.59. The van der Waals surface area contributed by atoms with E-state index in [0.29, 0.717) is 17.1 Å². The number of esters is 1. The van der Waals surface area contributed by atoms with Gasteiger partial charge in [-0.05, 0) is 98.0 Å². The molecule has 10 atom stereocenters. The predicted molar refractivity (Wildman–Crippen MR) is 148 cm³/mol. The summed E-state index contributed by atoms with van der Waals surface area (Å²) in [5.74, 6) is 4.87. The maximum Gasteiger partial charge on any atom is 0.338 e. The van der Waals surface area contributed by atoms with Gasteiger partial charge in [-0.2, -0.15) is 0 Å². The van der Waals surface area contributed by atoms with E-state index in [-0.39, 0.29) is 23.1 Å². The van der Waals surface area contributed by atoms with Crippen LogP contribution in [0.1, 0.15) is 116 Å². The minimum absolute atomic E-state index is 0.0151. The lowest BCUT2D eigenvalue weighted by molar-refractivity contribution is -0.118. The van der Waals surface area contributed by atoms with Crippen LogP contribution in [-0.4, -0.2) is 23.8 Å². The molecule has 1 spiro atoms. The third-order valence-corrected chi connectivity index (χ3v) is 12.5. The van der Waals surface area contributed by atoms with Crippen LogP contribution >= 0.6 is 0 Å². The highest BCUT2D eigenvalue weighted by Crippen LogP contribution is 2.74. The van der Waals surface area contributed by atoms with Gasteiger partial charge in [0, 0.05) is 11.8 Å². The van der Waals surface area contributed by atoms with E-state index in [4.69, 9.17) is 9.47 Å². The van der Waals surface area contributed by atoms with Crippen molar-refractivity contribution in [2.75, 3.05) is 0 Å². The Morgan fingerprint density at radius 2 is 1.78 bits per heavy atom. The molecule has 1 aromatic carbocycles. The van der Waals surface area contributed by atoms with Gasteiger partial charge in [0.25, 0.3) is 0 Å². The number of carbonyl (C=O) groups is 1. The molecule has 1 saturated heterocycles. The van der Waals surface area contributed by atoms with Gasteiger partial charge in [0.1, 0.15) is 11.7 Å². The summed E-state index contributed by atoms with van der Waals surface area (Å²) < 4.78 is 12.8. The molecule has 0 bridgehead atoms. The van der Waals surface area contributed by atoms with Crippen molar-refractivity contribution in [1.29, 1.82) is 0 Å². The number of epoxide rings is 1. The topological polar surface area (TPSA) is 38.8 Å². The molecule has 204 valence electrons. The molecular formula is C34H50O3. The van der Waals surface area contributed by atoms with Crippen LogP contribution in [0.2, 0.25) is 0 Å². The molecular weight excluding hydrogens is 456 g/mol. The maximum atomic E-state index is 12.8. The van der Waals surface area contributed by atoms with Crippen LogP contribution in [0.5, 0.6) is 0 Å². The summed E-state index contributed by atoms with van der Waals surface area (Å²) in [5, 5.41) is 0. The second kappa shape index (κ2) is 9.39. The third kappa shape index (κ3) is 4.12. The highest BCUT2D eigenvalue weighted by Gasteiger charge is 2.76. The van der Waals surface area contributed by atoms with Gasteiger partial charge in [0.15, 0.2) is 0 Å². The Morgan fingerprint density at radius 3 is 2.54 bits per heavy atom. The lowest BCUT2D eigenvalue weighted by Gasteiger charge is -2.59. The summed E-state index contributed by atoms with van der Waals surface area (Å²) >= 11 is 0. The molecule has 0 amide bonds. The number of hydrogen-bond acceptors (Lipinski definition) is 3. The van der Waals surface area contributed by atoms with E-state index >= 15 is 0 Å². The molecule has 1 aliphatic heterocycles. The van der Waals surface area contributed by atoms with E-state index in [9.17, 15) is 4.79 Å². The maximum absolute atomic E-state index is 12.8. The summed E-state index contributed by atoms with van der Waals surface area (Å²) in [4.78, 5) is 12.8. The minimum atomic E-state index is -0.176. The zero-order chi connectivity index (χ0) is 26.0. The van der Waals surface area contributed by atoms with Gasteiger partial charge in [-0.3, -0.25) is 0 Å². The average Bonchev–Trinajstić information content (AvgIpc) is 3.45. The van der Waals surface area contributed by atoms with E-state index in [1.807, 2.05) is 30.3 Å². The van der Waals surface area contributed by atoms with Gasteiger partial charge < -0.3 is 9.47 Å². The molecule has 0 aromatic heterocycles. The summed E-state index contributed by atoms with van der Waals surface area (Å²) in [6.07, 6.45) is 14.5. The van der Waals surface area contributed by atoms with E-state index in [1.165, 1.54) is 51.4 Å². The fourth-order valence-corrected chi connectivity index (χ4v) is 10.6. The number of rotatable bonds is 7. The molecule has 5 aliphatic rings.